The second-order valence-corrected chi connectivity index (χ2v) is 9.53. The highest BCUT2D eigenvalue weighted by Crippen LogP contribution is 2.45. The van der Waals surface area contributed by atoms with Gasteiger partial charge < -0.3 is 14.5 Å². The van der Waals surface area contributed by atoms with Crippen molar-refractivity contribution in [1.82, 2.24) is 4.31 Å². The maximum Gasteiger partial charge on any atom is 0.243 e. The summed E-state index contributed by atoms with van der Waals surface area (Å²) in [5.41, 5.74) is 3.42. The predicted octanol–water partition coefficient (Wildman–Crippen LogP) is 2.65. The first-order valence-electron chi connectivity index (χ1n) is 9.94. The van der Waals surface area contributed by atoms with E-state index in [-0.39, 0.29) is 0 Å². The van der Waals surface area contributed by atoms with Crippen LogP contribution in [0.4, 0.5) is 11.4 Å². The monoisotopic (exact) mass is 399 g/mol. The van der Waals surface area contributed by atoms with Crippen molar-refractivity contribution in [2.75, 3.05) is 42.6 Å². The van der Waals surface area contributed by atoms with Crippen molar-refractivity contribution < 1.29 is 13.2 Å². The summed E-state index contributed by atoms with van der Waals surface area (Å²) in [6, 6.07) is 16.0. The number of ether oxygens (including phenoxy) is 1. The number of nitrogens with zero attached hydrogens (tertiary/aromatic N) is 3. The predicted molar refractivity (Wildman–Crippen MR) is 109 cm³/mol. The van der Waals surface area contributed by atoms with Crippen LogP contribution in [0.5, 0.6) is 0 Å². The van der Waals surface area contributed by atoms with Crippen LogP contribution in [-0.2, 0) is 21.3 Å². The Morgan fingerprint density at radius 1 is 0.964 bits per heavy atom. The Morgan fingerprint density at radius 2 is 1.75 bits per heavy atom. The van der Waals surface area contributed by atoms with Crippen molar-refractivity contribution >= 4 is 21.4 Å². The molecule has 0 bridgehead atoms. The lowest BCUT2D eigenvalue weighted by molar-refractivity contribution is 0.0730. The lowest BCUT2D eigenvalue weighted by atomic mass is 10.2. The molecule has 7 heteroatoms. The van der Waals surface area contributed by atoms with Crippen molar-refractivity contribution in [3.63, 3.8) is 0 Å². The normalized spacial score (nSPS) is 22.4. The van der Waals surface area contributed by atoms with Gasteiger partial charge in [0.2, 0.25) is 10.0 Å². The zero-order chi connectivity index (χ0) is 19.1. The number of hydrogen-bond donors (Lipinski definition) is 0. The van der Waals surface area contributed by atoms with Gasteiger partial charge in [0.25, 0.3) is 0 Å². The summed E-state index contributed by atoms with van der Waals surface area (Å²) in [7, 11) is -3.50. The first-order valence-corrected chi connectivity index (χ1v) is 11.4. The molecule has 3 aliphatic heterocycles. The molecule has 2 saturated heterocycles. The Kier molecular flexibility index (Phi) is 4.53. The van der Waals surface area contributed by atoms with Crippen LogP contribution in [0, 0.1) is 0 Å². The summed E-state index contributed by atoms with van der Waals surface area (Å²) in [4.78, 5) is 5.17. The molecule has 2 aromatic carbocycles. The molecule has 0 radical (unpaired) electrons. The lowest BCUT2D eigenvalue weighted by Gasteiger charge is -2.28. The van der Waals surface area contributed by atoms with Crippen LogP contribution >= 0.6 is 0 Å². The molecule has 0 saturated carbocycles. The molecule has 0 aromatic heterocycles. The van der Waals surface area contributed by atoms with Crippen LogP contribution in [0.1, 0.15) is 18.4 Å². The zero-order valence-corrected chi connectivity index (χ0v) is 16.6. The van der Waals surface area contributed by atoms with Crippen molar-refractivity contribution in [1.29, 1.82) is 0 Å². The highest BCUT2D eigenvalue weighted by molar-refractivity contribution is 7.89. The maximum absolute atomic E-state index is 13.1. The number of anilines is 2. The third-order valence-electron chi connectivity index (χ3n) is 5.95. The number of fused-ring (bicyclic) bond motifs is 3. The standard InChI is InChI=1S/C21H25N3O3S/c25-28(26,22-11-13-27-14-12-22)18-8-9-19-20(15-18)24(21-7-4-10-23(19)21)16-17-5-2-1-3-6-17/h1-3,5-6,8-9,15,21H,4,7,10-14,16H2. The van der Waals surface area contributed by atoms with E-state index < -0.39 is 10.0 Å². The van der Waals surface area contributed by atoms with Gasteiger partial charge >= 0.3 is 0 Å². The molecule has 3 aliphatic rings. The minimum Gasteiger partial charge on any atom is -0.379 e. The fourth-order valence-corrected chi connectivity index (χ4v) is 5.99. The molecule has 0 spiro atoms. The molecule has 148 valence electrons. The zero-order valence-electron chi connectivity index (χ0n) is 15.8. The molecule has 3 heterocycles. The van der Waals surface area contributed by atoms with Gasteiger partial charge in [0.15, 0.2) is 0 Å². The molecule has 1 unspecified atom stereocenters. The molecular formula is C21H25N3O3S. The average molecular weight is 400 g/mol. The van der Waals surface area contributed by atoms with Gasteiger partial charge in [-0.05, 0) is 36.6 Å². The summed E-state index contributed by atoms with van der Waals surface area (Å²) >= 11 is 0. The lowest BCUT2D eigenvalue weighted by Crippen LogP contribution is -2.40. The highest BCUT2D eigenvalue weighted by Gasteiger charge is 2.40. The summed E-state index contributed by atoms with van der Waals surface area (Å²) in [5.74, 6) is 0. The van der Waals surface area contributed by atoms with Gasteiger partial charge in [-0.1, -0.05) is 30.3 Å². The Morgan fingerprint density at radius 3 is 2.54 bits per heavy atom. The SMILES string of the molecule is O=S(=O)(c1ccc2c(c1)N(Cc1ccccc1)C1CCCN21)N1CCOCC1. The Balaban J connectivity index is 1.52. The third kappa shape index (κ3) is 2.98. The number of sulfonamides is 1. The number of benzene rings is 2. The first kappa shape index (κ1) is 18.0. The van der Waals surface area contributed by atoms with Gasteiger partial charge in [-0.25, -0.2) is 8.42 Å². The van der Waals surface area contributed by atoms with Gasteiger partial charge in [-0.2, -0.15) is 4.31 Å². The van der Waals surface area contributed by atoms with E-state index in [1.807, 2.05) is 18.2 Å². The number of morpholine rings is 1. The Labute approximate surface area is 166 Å². The third-order valence-corrected chi connectivity index (χ3v) is 7.84. The van der Waals surface area contributed by atoms with E-state index in [1.165, 1.54) is 16.3 Å². The van der Waals surface area contributed by atoms with Crippen molar-refractivity contribution in [2.45, 2.75) is 30.4 Å². The van der Waals surface area contributed by atoms with E-state index in [9.17, 15) is 8.42 Å². The first-order chi connectivity index (χ1) is 13.6. The molecule has 6 nitrogen and oxygen atoms in total. The number of hydrogen-bond acceptors (Lipinski definition) is 5. The van der Waals surface area contributed by atoms with E-state index in [0.29, 0.717) is 37.4 Å². The van der Waals surface area contributed by atoms with Gasteiger partial charge in [0.05, 0.1) is 29.5 Å². The quantitative estimate of drug-likeness (QED) is 0.791. The van der Waals surface area contributed by atoms with Crippen molar-refractivity contribution in [3.05, 3.63) is 54.1 Å². The number of rotatable bonds is 4. The van der Waals surface area contributed by atoms with Crippen LogP contribution < -0.4 is 9.80 Å². The molecule has 1 atom stereocenters. The van der Waals surface area contributed by atoms with Crippen LogP contribution in [0.2, 0.25) is 0 Å². The fraction of sp³-hybridized carbons (Fsp3) is 0.429. The van der Waals surface area contributed by atoms with E-state index in [0.717, 1.165) is 30.9 Å². The summed E-state index contributed by atoms with van der Waals surface area (Å²) in [5, 5.41) is 0. The topological polar surface area (TPSA) is 53.1 Å². The molecule has 5 rings (SSSR count). The molecule has 0 aliphatic carbocycles. The van der Waals surface area contributed by atoms with Gasteiger partial charge in [-0.3, -0.25) is 0 Å². The van der Waals surface area contributed by atoms with Gasteiger partial charge in [0, 0.05) is 26.2 Å². The van der Waals surface area contributed by atoms with Gasteiger partial charge in [0.1, 0.15) is 6.17 Å². The summed E-state index contributed by atoms with van der Waals surface area (Å²) in [6.45, 7) is 3.57. The Hall–Kier alpha value is -2.09. The summed E-state index contributed by atoms with van der Waals surface area (Å²) in [6.07, 6.45) is 2.59. The molecule has 0 N–H and O–H groups in total. The molecule has 28 heavy (non-hydrogen) atoms. The smallest absolute Gasteiger partial charge is 0.243 e. The summed E-state index contributed by atoms with van der Waals surface area (Å²) < 4.78 is 33.1. The fourth-order valence-electron chi connectivity index (χ4n) is 4.56. The van der Waals surface area contributed by atoms with Crippen molar-refractivity contribution in [2.24, 2.45) is 0 Å². The maximum atomic E-state index is 13.1. The second-order valence-electron chi connectivity index (χ2n) is 7.60. The molecule has 2 aromatic rings. The van der Waals surface area contributed by atoms with Gasteiger partial charge in [-0.15, -0.1) is 0 Å². The van der Waals surface area contributed by atoms with Crippen LogP contribution in [0.25, 0.3) is 0 Å². The van der Waals surface area contributed by atoms with Crippen LogP contribution in [0.15, 0.2) is 53.4 Å². The van der Waals surface area contributed by atoms with E-state index in [2.05, 4.69) is 34.1 Å². The van der Waals surface area contributed by atoms with E-state index in [4.69, 9.17) is 4.74 Å². The second kappa shape index (κ2) is 7.06. The highest BCUT2D eigenvalue weighted by atomic mass is 32.2. The average Bonchev–Trinajstić information content (AvgIpc) is 3.32. The molecule has 0 amide bonds. The molecular weight excluding hydrogens is 374 g/mol. The minimum atomic E-state index is -3.50. The minimum absolute atomic E-state index is 0.316. The van der Waals surface area contributed by atoms with Crippen LogP contribution in [-0.4, -0.2) is 51.7 Å². The van der Waals surface area contributed by atoms with E-state index in [1.54, 1.807) is 6.07 Å². The Bertz CT molecular complexity index is 958. The van der Waals surface area contributed by atoms with Crippen molar-refractivity contribution in [3.8, 4) is 0 Å². The molecule has 2 fully saturated rings. The van der Waals surface area contributed by atoms with Crippen LogP contribution in [0.3, 0.4) is 0 Å². The van der Waals surface area contributed by atoms with E-state index >= 15 is 0 Å². The largest absolute Gasteiger partial charge is 0.379 e.